The van der Waals surface area contributed by atoms with E-state index >= 15 is 0 Å². The fourth-order valence-electron chi connectivity index (χ4n) is 1.72. The average Bonchev–Trinajstić information content (AvgIpc) is 3.08. The molecule has 2 amide bonds. The minimum Gasteiger partial charge on any atom is -0.472 e. The number of urea groups is 1. The summed E-state index contributed by atoms with van der Waals surface area (Å²) in [6, 6.07) is 1.73. The summed E-state index contributed by atoms with van der Waals surface area (Å²) < 4.78 is 10.7. The van der Waals surface area contributed by atoms with Gasteiger partial charge >= 0.3 is 6.03 Å². The van der Waals surface area contributed by atoms with E-state index in [-0.39, 0.29) is 12.1 Å². The van der Waals surface area contributed by atoms with E-state index in [4.69, 9.17) is 9.15 Å². The van der Waals surface area contributed by atoms with Crippen molar-refractivity contribution in [3.8, 4) is 5.19 Å². The summed E-state index contributed by atoms with van der Waals surface area (Å²) in [7, 11) is 5.02. The zero-order valence-corrected chi connectivity index (χ0v) is 13.3. The molecule has 2 aromatic rings. The number of rotatable bonds is 5. The molecule has 21 heavy (non-hydrogen) atoms. The van der Waals surface area contributed by atoms with Gasteiger partial charge < -0.3 is 14.1 Å². The van der Waals surface area contributed by atoms with E-state index < -0.39 is 0 Å². The second-order valence-corrected chi connectivity index (χ2v) is 5.77. The number of ether oxygens (including phenoxy) is 1. The van der Waals surface area contributed by atoms with Gasteiger partial charge in [0.1, 0.15) is 6.10 Å². The van der Waals surface area contributed by atoms with Gasteiger partial charge in [-0.25, -0.2) is 4.79 Å². The highest BCUT2D eigenvalue weighted by Crippen LogP contribution is 2.26. The molecule has 0 spiro atoms. The fraction of sp³-hybridized carbons (Fsp3) is 0.462. The summed E-state index contributed by atoms with van der Waals surface area (Å²) in [5.41, 5.74) is 1.06. The van der Waals surface area contributed by atoms with E-state index in [1.807, 2.05) is 13.0 Å². The van der Waals surface area contributed by atoms with Crippen molar-refractivity contribution < 1.29 is 13.9 Å². The van der Waals surface area contributed by atoms with Crippen LogP contribution in [0.5, 0.6) is 5.19 Å². The van der Waals surface area contributed by atoms with Crippen LogP contribution in [0.15, 0.2) is 23.0 Å². The molecular weight excluding hydrogens is 292 g/mol. The first-order chi connectivity index (χ1) is 9.97. The lowest BCUT2D eigenvalue weighted by molar-refractivity contribution is 0.219. The molecule has 0 aliphatic heterocycles. The summed E-state index contributed by atoms with van der Waals surface area (Å²) in [5.74, 6) is 0. The third-order valence-corrected chi connectivity index (χ3v) is 3.65. The van der Waals surface area contributed by atoms with Crippen molar-refractivity contribution >= 4 is 22.5 Å². The molecule has 0 bridgehead atoms. The minimum absolute atomic E-state index is 0.0572. The lowest BCUT2D eigenvalue weighted by Crippen LogP contribution is -2.36. The molecule has 0 saturated carbocycles. The molecule has 2 heterocycles. The molecule has 0 N–H and O–H groups in total. The Hall–Kier alpha value is -2.09. The summed E-state index contributed by atoms with van der Waals surface area (Å²) >= 11 is 1.24. The van der Waals surface area contributed by atoms with Gasteiger partial charge in [0.25, 0.3) is 5.19 Å². The number of aromatic nitrogens is 2. The van der Waals surface area contributed by atoms with Crippen LogP contribution in [0.1, 0.15) is 12.5 Å². The largest absolute Gasteiger partial charge is 0.472 e. The van der Waals surface area contributed by atoms with Crippen molar-refractivity contribution in [1.82, 2.24) is 15.1 Å². The van der Waals surface area contributed by atoms with Crippen LogP contribution in [0.3, 0.4) is 0 Å². The van der Waals surface area contributed by atoms with Gasteiger partial charge in [-0.05, 0) is 29.9 Å². The molecule has 0 saturated heterocycles. The van der Waals surface area contributed by atoms with Gasteiger partial charge in [0.05, 0.1) is 12.5 Å². The normalized spacial score (nSPS) is 12.0. The van der Waals surface area contributed by atoms with Crippen LogP contribution in [0, 0.1) is 0 Å². The van der Waals surface area contributed by atoms with Crippen molar-refractivity contribution in [3.05, 3.63) is 24.2 Å². The minimum atomic E-state index is -0.163. The molecule has 1 unspecified atom stereocenters. The van der Waals surface area contributed by atoms with Crippen LogP contribution in [0.4, 0.5) is 9.93 Å². The number of nitrogens with zero attached hydrogens (tertiary/aromatic N) is 4. The van der Waals surface area contributed by atoms with Crippen LogP contribution in [-0.4, -0.2) is 48.4 Å². The van der Waals surface area contributed by atoms with Crippen molar-refractivity contribution in [2.75, 3.05) is 26.0 Å². The maximum absolute atomic E-state index is 11.8. The van der Waals surface area contributed by atoms with Crippen LogP contribution in [0.2, 0.25) is 0 Å². The predicted octanol–water partition coefficient (Wildman–Crippen LogP) is 2.26. The molecule has 0 aliphatic rings. The maximum atomic E-state index is 11.8. The molecule has 2 aromatic heterocycles. The Bertz CT molecular complexity index is 582. The van der Waals surface area contributed by atoms with Crippen molar-refractivity contribution in [2.45, 2.75) is 19.4 Å². The quantitative estimate of drug-likeness (QED) is 0.847. The van der Waals surface area contributed by atoms with Gasteiger partial charge in [-0.1, -0.05) is 5.10 Å². The molecule has 0 aromatic carbocycles. The number of carbonyl (C=O) groups excluding carboxylic acids is 1. The van der Waals surface area contributed by atoms with Crippen LogP contribution < -0.4 is 9.64 Å². The number of amides is 2. The third kappa shape index (κ3) is 3.94. The summed E-state index contributed by atoms with van der Waals surface area (Å²) in [6.07, 6.45) is 3.98. The van der Waals surface area contributed by atoms with Crippen molar-refractivity contribution in [1.29, 1.82) is 0 Å². The van der Waals surface area contributed by atoms with Crippen LogP contribution >= 0.6 is 11.3 Å². The van der Waals surface area contributed by atoms with Crippen LogP contribution in [0.25, 0.3) is 0 Å². The lowest BCUT2D eigenvalue weighted by Gasteiger charge is -2.18. The highest BCUT2D eigenvalue weighted by Gasteiger charge is 2.18. The number of hydrogen-bond acceptors (Lipinski definition) is 6. The van der Waals surface area contributed by atoms with E-state index in [0.29, 0.717) is 10.3 Å². The predicted molar refractivity (Wildman–Crippen MR) is 79.9 cm³/mol. The van der Waals surface area contributed by atoms with Gasteiger partial charge in [-0.15, -0.1) is 5.10 Å². The summed E-state index contributed by atoms with van der Waals surface area (Å²) in [4.78, 5) is 14.7. The molecule has 1 atom stereocenters. The van der Waals surface area contributed by atoms with E-state index in [1.54, 1.807) is 33.7 Å². The number of hydrogen-bond donors (Lipinski definition) is 0. The molecule has 0 fully saturated rings. The topological polar surface area (TPSA) is 71.7 Å². The first kappa shape index (κ1) is 15.3. The van der Waals surface area contributed by atoms with E-state index in [1.165, 1.54) is 21.1 Å². The van der Waals surface area contributed by atoms with Gasteiger partial charge in [0.15, 0.2) is 0 Å². The van der Waals surface area contributed by atoms with Gasteiger partial charge in [-0.2, -0.15) is 0 Å². The smallest absolute Gasteiger partial charge is 0.325 e. The molecule has 8 heteroatoms. The molecule has 7 nitrogen and oxygen atoms in total. The zero-order chi connectivity index (χ0) is 15.4. The van der Waals surface area contributed by atoms with Crippen molar-refractivity contribution in [3.63, 3.8) is 0 Å². The molecule has 0 radical (unpaired) electrons. The van der Waals surface area contributed by atoms with Crippen molar-refractivity contribution in [2.24, 2.45) is 0 Å². The Morgan fingerprint density at radius 1 is 1.43 bits per heavy atom. The second kappa shape index (κ2) is 6.57. The third-order valence-electron chi connectivity index (χ3n) is 2.76. The SMILES string of the molecule is CC(Cc1ccoc1)Oc1nnc(N(C)C(=O)N(C)C)s1. The Morgan fingerprint density at radius 2 is 2.19 bits per heavy atom. The molecular formula is C13H18N4O3S. The first-order valence-electron chi connectivity index (χ1n) is 6.43. The molecule has 0 aliphatic carbocycles. The Kier molecular flexibility index (Phi) is 4.79. The van der Waals surface area contributed by atoms with Gasteiger partial charge in [0.2, 0.25) is 5.13 Å². The van der Waals surface area contributed by atoms with E-state index in [0.717, 1.165) is 12.0 Å². The first-order valence-corrected chi connectivity index (χ1v) is 7.25. The second-order valence-electron chi connectivity index (χ2n) is 4.85. The number of anilines is 1. The highest BCUT2D eigenvalue weighted by atomic mass is 32.1. The summed E-state index contributed by atoms with van der Waals surface area (Å²) in [5, 5.41) is 8.87. The zero-order valence-electron chi connectivity index (χ0n) is 12.4. The Balaban J connectivity index is 1.95. The maximum Gasteiger partial charge on any atom is 0.325 e. The fourth-order valence-corrected chi connectivity index (χ4v) is 2.47. The van der Waals surface area contributed by atoms with E-state index in [2.05, 4.69) is 10.2 Å². The highest BCUT2D eigenvalue weighted by molar-refractivity contribution is 7.17. The van der Waals surface area contributed by atoms with Crippen LogP contribution in [-0.2, 0) is 6.42 Å². The van der Waals surface area contributed by atoms with Gasteiger partial charge in [-0.3, -0.25) is 4.90 Å². The Morgan fingerprint density at radius 3 is 2.81 bits per heavy atom. The monoisotopic (exact) mass is 310 g/mol. The number of carbonyl (C=O) groups is 1. The summed E-state index contributed by atoms with van der Waals surface area (Å²) in [6.45, 7) is 1.95. The molecule has 2 rings (SSSR count). The molecule has 114 valence electrons. The number of furan rings is 1. The van der Waals surface area contributed by atoms with Gasteiger partial charge in [0, 0.05) is 27.6 Å². The Labute approximate surface area is 127 Å². The lowest BCUT2D eigenvalue weighted by atomic mass is 10.2. The standard InChI is InChI=1S/C13H18N4O3S/c1-9(7-10-5-6-19-8-10)20-12-15-14-11(21-12)17(4)13(18)16(2)3/h5-6,8-9H,7H2,1-4H3. The van der Waals surface area contributed by atoms with E-state index in [9.17, 15) is 4.79 Å². The average molecular weight is 310 g/mol.